The van der Waals surface area contributed by atoms with Crippen LogP contribution in [0.15, 0.2) is 30.5 Å². The van der Waals surface area contributed by atoms with Crippen molar-refractivity contribution in [2.24, 2.45) is 5.73 Å². The number of amides is 1. The molecule has 2 atom stereocenters. The van der Waals surface area contributed by atoms with Crippen LogP contribution in [0.2, 0.25) is 0 Å². The number of piperazine rings is 1. The Morgan fingerprint density at radius 1 is 1.21 bits per heavy atom. The second-order valence-electron chi connectivity index (χ2n) is 7.12. The molecular weight excluding hydrogens is 376 g/mol. The number of aliphatic carboxylic acids is 1. The molecule has 156 valence electrons. The molecule has 1 amide bonds. The van der Waals surface area contributed by atoms with Crippen molar-refractivity contribution in [1.29, 1.82) is 0 Å². The fourth-order valence-electron chi connectivity index (χ4n) is 3.33. The molecule has 1 aliphatic rings. The molecule has 1 aliphatic heterocycles. The van der Waals surface area contributed by atoms with Crippen molar-refractivity contribution in [2.45, 2.75) is 31.3 Å². The molecule has 0 spiro atoms. The van der Waals surface area contributed by atoms with Crippen LogP contribution in [0.1, 0.15) is 36.2 Å². The Labute approximate surface area is 168 Å². The van der Waals surface area contributed by atoms with Gasteiger partial charge in [-0.2, -0.15) is 0 Å². The molecular formula is C19H26N6O4. The predicted molar refractivity (Wildman–Crippen MR) is 104 cm³/mol. The largest absolute Gasteiger partial charge is 0.508 e. The lowest BCUT2D eigenvalue weighted by atomic mass is 10.0. The van der Waals surface area contributed by atoms with E-state index >= 15 is 0 Å². The maximum Gasteiger partial charge on any atom is 0.303 e. The van der Waals surface area contributed by atoms with Crippen LogP contribution in [0.4, 0.5) is 0 Å². The summed E-state index contributed by atoms with van der Waals surface area (Å²) in [6, 6.07) is 5.57. The molecule has 0 saturated carbocycles. The van der Waals surface area contributed by atoms with E-state index in [1.807, 2.05) is 0 Å². The minimum atomic E-state index is -0.965. The molecule has 10 nitrogen and oxygen atoms in total. The number of hydrogen-bond donors (Lipinski definition) is 4. The molecule has 0 bridgehead atoms. The zero-order valence-electron chi connectivity index (χ0n) is 16.1. The smallest absolute Gasteiger partial charge is 0.303 e. The highest BCUT2D eigenvalue weighted by Gasteiger charge is 2.29. The molecule has 1 unspecified atom stereocenters. The number of carboxylic acids is 1. The predicted octanol–water partition coefficient (Wildman–Crippen LogP) is 0.0639. The standard InChI is InChI=1S/C19H26N6O4/c20-15(11-13-1-3-14(26)4-2-13)16-12-25(23-22-16)17(5-6-18(27)28)19(29)24-9-7-21-8-10-24/h1-4,12,15,17,21,26H,5-11,20H2,(H,27,28)/t15-,17?/m0/s1. The summed E-state index contributed by atoms with van der Waals surface area (Å²) >= 11 is 0. The number of nitrogens with zero attached hydrogens (tertiary/aromatic N) is 4. The first-order valence-electron chi connectivity index (χ1n) is 9.60. The zero-order chi connectivity index (χ0) is 20.8. The van der Waals surface area contributed by atoms with Crippen LogP contribution in [0.5, 0.6) is 5.75 Å². The average molecular weight is 402 g/mol. The molecule has 0 radical (unpaired) electrons. The highest BCUT2D eigenvalue weighted by Crippen LogP contribution is 2.21. The van der Waals surface area contributed by atoms with Gasteiger partial charge in [-0.1, -0.05) is 17.3 Å². The van der Waals surface area contributed by atoms with Gasteiger partial charge < -0.3 is 26.2 Å². The summed E-state index contributed by atoms with van der Waals surface area (Å²) in [6.07, 6.45) is 2.10. The van der Waals surface area contributed by atoms with E-state index in [1.54, 1.807) is 35.4 Å². The first-order chi connectivity index (χ1) is 13.9. The van der Waals surface area contributed by atoms with E-state index in [4.69, 9.17) is 10.8 Å². The van der Waals surface area contributed by atoms with Crippen LogP contribution in [-0.4, -0.2) is 68.2 Å². The van der Waals surface area contributed by atoms with Crippen molar-refractivity contribution in [3.63, 3.8) is 0 Å². The number of phenolic OH excluding ortho intramolecular Hbond substituents is 1. The average Bonchev–Trinajstić information content (AvgIpc) is 3.20. The lowest BCUT2D eigenvalue weighted by Crippen LogP contribution is -2.48. The second-order valence-corrected chi connectivity index (χ2v) is 7.12. The lowest BCUT2D eigenvalue weighted by Gasteiger charge is -2.30. The number of carbonyl (C=O) groups excluding carboxylic acids is 1. The number of carbonyl (C=O) groups is 2. The molecule has 5 N–H and O–H groups in total. The van der Waals surface area contributed by atoms with Crippen LogP contribution >= 0.6 is 0 Å². The van der Waals surface area contributed by atoms with Gasteiger partial charge >= 0.3 is 5.97 Å². The van der Waals surface area contributed by atoms with Crippen LogP contribution in [-0.2, 0) is 16.0 Å². The van der Waals surface area contributed by atoms with Gasteiger partial charge in [0.25, 0.3) is 0 Å². The third kappa shape index (κ3) is 5.52. The van der Waals surface area contributed by atoms with E-state index in [1.165, 1.54) is 4.68 Å². The summed E-state index contributed by atoms with van der Waals surface area (Å²) < 4.78 is 1.43. The van der Waals surface area contributed by atoms with Gasteiger partial charge in [0, 0.05) is 32.6 Å². The summed E-state index contributed by atoms with van der Waals surface area (Å²) in [7, 11) is 0. The summed E-state index contributed by atoms with van der Waals surface area (Å²) in [5, 5.41) is 29.8. The maximum absolute atomic E-state index is 13.0. The quantitative estimate of drug-likeness (QED) is 0.485. The topological polar surface area (TPSA) is 147 Å². The van der Waals surface area contributed by atoms with E-state index < -0.39 is 18.1 Å². The number of hydrogen-bond acceptors (Lipinski definition) is 7. The fourth-order valence-corrected chi connectivity index (χ4v) is 3.33. The van der Waals surface area contributed by atoms with Gasteiger partial charge in [0.2, 0.25) is 5.91 Å². The van der Waals surface area contributed by atoms with E-state index in [2.05, 4.69) is 15.6 Å². The van der Waals surface area contributed by atoms with Crippen LogP contribution in [0, 0.1) is 0 Å². The molecule has 3 rings (SSSR count). The zero-order valence-corrected chi connectivity index (χ0v) is 16.1. The highest BCUT2D eigenvalue weighted by atomic mass is 16.4. The first kappa shape index (κ1) is 20.7. The molecule has 2 aromatic rings. The Kier molecular flexibility index (Phi) is 6.78. The molecule has 1 aromatic heterocycles. The van der Waals surface area contributed by atoms with Gasteiger partial charge in [-0.25, -0.2) is 4.68 Å². The number of aromatic hydroxyl groups is 1. The number of carboxylic acid groups (broad SMARTS) is 1. The number of rotatable bonds is 8. The Hall–Kier alpha value is -2.98. The maximum atomic E-state index is 13.0. The number of nitrogens with one attached hydrogen (secondary N) is 1. The molecule has 0 aliphatic carbocycles. The summed E-state index contributed by atoms with van der Waals surface area (Å²) in [6.45, 7) is 2.56. The Balaban J connectivity index is 1.73. The normalized spacial score (nSPS) is 16.4. The molecule has 1 aromatic carbocycles. The molecule has 1 fully saturated rings. The number of benzene rings is 1. The van der Waals surface area contributed by atoms with Crippen LogP contribution < -0.4 is 11.1 Å². The van der Waals surface area contributed by atoms with Gasteiger partial charge in [-0.3, -0.25) is 9.59 Å². The number of aromatic nitrogens is 3. The van der Waals surface area contributed by atoms with Crippen molar-refractivity contribution in [3.8, 4) is 5.75 Å². The molecule has 2 heterocycles. The van der Waals surface area contributed by atoms with Crippen LogP contribution in [0.25, 0.3) is 0 Å². The minimum Gasteiger partial charge on any atom is -0.508 e. The van der Waals surface area contributed by atoms with Gasteiger partial charge in [0.1, 0.15) is 11.8 Å². The van der Waals surface area contributed by atoms with E-state index in [0.29, 0.717) is 38.3 Å². The Morgan fingerprint density at radius 3 is 2.55 bits per heavy atom. The monoisotopic (exact) mass is 402 g/mol. The third-order valence-electron chi connectivity index (χ3n) is 4.96. The third-order valence-corrected chi connectivity index (χ3v) is 4.96. The number of nitrogens with two attached hydrogens (primary N) is 1. The number of phenols is 1. The van der Waals surface area contributed by atoms with Crippen molar-refractivity contribution in [1.82, 2.24) is 25.2 Å². The highest BCUT2D eigenvalue weighted by molar-refractivity contribution is 5.81. The van der Waals surface area contributed by atoms with Gasteiger partial charge in [0.05, 0.1) is 17.9 Å². The van der Waals surface area contributed by atoms with E-state index in [-0.39, 0.29) is 24.5 Å². The van der Waals surface area contributed by atoms with Crippen LogP contribution in [0.3, 0.4) is 0 Å². The summed E-state index contributed by atoms with van der Waals surface area (Å²) in [5.41, 5.74) is 7.70. The van der Waals surface area contributed by atoms with E-state index in [9.17, 15) is 14.7 Å². The van der Waals surface area contributed by atoms with Crippen molar-refractivity contribution >= 4 is 11.9 Å². The van der Waals surface area contributed by atoms with Gasteiger partial charge in [-0.05, 0) is 30.5 Å². The first-order valence-corrected chi connectivity index (χ1v) is 9.60. The Bertz CT molecular complexity index is 831. The van der Waals surface area contributed by atoms with Crippen molar-refractivity contribution < 1.29 is 19.8 Å². The Morgan fingerprint density at radius 2 is 1.90 bits per heavy atom. The van der Waals surface area contributed by atoms with Gasteiger partial charge in [0.15, 0.2) is 0 Å². The molecule has 29 heavy (non-hydrogen) atoms. The van der Waals surface area contributed by atoms with Gasteiger partial charge in [-0.15, -0.1) is 5.10 Å². The summed E-state index contributed by atoms with van der Waals surface area (Å²) in [5.74, 6) is -0.940. The molecule has 1 saturated heterocycles. The SMILES string of the molecule is N[C@@H](Cc1ccc(O)cc1)c1cn(C(CCC(=O)O)C(=O)N2CCNCC2)nn1. The second kappa shape index (κ2) is 9.48. The van der Waals surface area contributed by atoms with E-state index in [0.717, 1.165) is 5.56 Å². The molecule has 10 heteroatoms. The van der Waals surface area contributed by atoms with Crippen molar-refractivity contribution in [3.05, 3.63) is 41.7 Å². The summed E-state index contributed by atoms with van der Waals surface area (Å²) in [4.78, 5) is 25.8. The minimum absolute atomic E-state index is 0.133. The lowest BCUT2D eigenvalue weighted by molar-refractivity contribution is -0.139. The fraction of sp³-hybridized carbons (Fsp3) is 0.474. The van der Waals surface area contributed by atoms with Crippen molar-refractivity contribution in [2.75, 3.05) is 26.2 Å².